The van der Waals surface area contributed by atoms with Gasteiger partial charge in [-0.2, -0.15) is 5.26 Å². The normalized spacial score (nSPS) is 15.6. The van der Waals surface area contributed by atoms with E-state index in [4.69, 9.17) is 29.4 Å². The molecule has 188 valence electrons. The number of carbonyl (C=O) groups is 2. The Kier molecular flexibility index (Phi) is 8.32. The zero-order valence-corrected chi connectivity index (χ0v) is 20.6. The summed E-state index contributed by atoms with van der Waals surface area (Å²) in [5, 5.41) is 10.2. The van der Waals surface area contributed by atoms with Crippen molar-refractivity contribution in [3.63, 3.8) is 0 Å². The summed E-state index contributed by atoms with van der Waals surface area (Å²) in [4.78, 5) is 27.8. The number of benzene rings is 2. The zero-order chi connectivity index (χ0) is 26.4. The lowest BCUT2D eigenvalue weighted by atomic mass is 9.80. The summed E-state index contributed by atoms with van der Waals surface area (Å²) in [5.41, 5.74) is 7.62. The number of nitrogens with zero attached hydrogens (tertiary/aromatic N) is 2. The maximum atomic E-state index is 13.3. The van der Waals surface area contributed by atoms with Crippen molar-refractivity contribution in [3.05, 3.63) is 82.3 Å². The Morgan fingerprint density at radius 1 is 0.972 bits per heavy atom. The molecule has 0 aromatic heterocycles. The predicted octanol–water partition coefficient (Wildman–Crippen LogP) is 2.88. The van der Waals surface area contributed by atoms with Crippen molar-refractivity contribution in [2.75, 3.05) is 40.4 Å². The molecule has 2 N–H and O–H groups in total. The second-order valence-corrected chi connectivity index (χ2v) is 7.56. The average Bonchev–Trinajstić information content (AvgIpc) is 2.92. The first-order valence-corrected chi connectivity index (χ1v) is 10.8. The first-order chi connectivity index (χ1) is 17.4. The molecule has 0 fully saturated rings. The third-order valence-corrected chi connectivity index (χ3v) is 5.77. The number of allylic oxidation sites excluding steroid dienone is 1. The van der Waals surface area contributed by atoms with Crippen molar-refractivity contribution in [1.82, 2.24) is 0 Å². The molecule has 1 aliphatic heterocycles. The molecule has 1 atom stereocenters. The summed E-state index contributed by atoms with van der Waals surface area (Å²) >= 11 is 0. The van der Waals surface area contributed by atoms with Gasteiger partial charge in [-0.25, -0.2) is 9.59 Å². The van der Waals surface area contributed by atoms with Gasteiger partial charge in [0.25, 0.3) is 0 Å². The Bertz CT molecular complexity index is 1240. The second-order valence-electron chi connectivity index (χ2n) is 7.56. The van der Waals surface area contributed by atoms with Crippen LogP contribution in [-0.4, -0.2) is 47.5 Å². The molecular weight excluding hydrogens is 466 g/mol. The monoisotopic (exact) mass is 493 g/mol. The molecule has 0 bridgehead atoms. The van der Waals surface area contributed by atoms with Crippen LogP contribution in [0.15, 0.2) is 71.2 Å². The summed E-state index contributed by atoms with van der Waals surface area (Å²) in [5.74, 6) is -2.25. The lowest BCUT2D eigenvalue weighted by molar-refractivity contribution is -0.139. The van der Waals surface area contributed by atoms with Gasteiger partial charge in [-0.1, -0.05) is 30.3 Å². The van der Waals surface area contributed by atoms with E-state index in [2.05, 4.69) is 6.07 Å². The molecule has 10 nitrogen and oxygen atoms in total. The van der Waals surface area contributed by atoms with Crippen molar-refractivity contribution in [3.8, 4) is 11.8 Å². The van der Waals surface area contributed by atoms with Crippen LogP contribution in [-0.2, 0) is 28.5 Å². The first kappa shape index (κ1) is 26.3. The molecule has 3 rings (SSSR count). The largest absolute Gasteiger partial charge is 0.497 e. The summed E-state index contributed by atoms with van der Waals surface area (Å²) in [6.45, 7) is 0. The number of anilines is 1. The Morgan fingerprint density at radius 3 is 2.14 bits per heavy atom. The van der Waals surface area contributed by atoms with Crippen molar-refractivity contribution in [2.45, 2.75) is 12.2 Å². The van der Waals surface area contributed by atoms with E-state index in [1.807, 2.05) is 0 Å². The maximum Gasteiger partial charge on any atom is 0.355 e. The molecule has 2 aromatic carbocycles. The number of nitriles is 1. The van der Waals surface area contributed by atoms with Gasteiger partial charge in [0.05, 0.1) is 50.2 Å². The molecule has 0 aliphatic carbocycles. The molecule has 1 aliphatic rings. The van der Waals surface area contributed by atoms with Crippen molar-refractivity contribution < 1.29 is 33.3 Å². The molecule has 0 spiro atoms. The standard InChI is InChI=1S/C26H27N3O7/c1-32-16-11-12-19(17(13-16)26(35-4)36-5)29-22(25(31)34-3)21(24(30)33-2)20(18(14-27)23(29)28)15-9-7-6-8-10-15/h6-13,20,26H,28H2,1-5H3. The van der Waals surface area contributed by atoms with Gasteiger partial charge < -0.3 is 29.4 Å². The van der Waals surface area contributed by atoms with E-state index in [-0.39, 0.29) is 22.7 Å². The second kappa shape index (κ2) is 11.4. The van der Waals surface area contributed by atoms with Gasteiger partial charge in [0.1, 0.15) is 17.3 Å². The van der Waals surface area contributed by atoms with Crippen LogP contribution >= 0.6 is 0 Å². The van der Waals surface area contributed by atoms with Gasteiger partial charge in [-0.05, 0) is 23.8 Å². The van der Waals surface area contributed by atoms with Crippen LogP contribution in [0.1, 0.15) is 23.3 Å². The topological polar surface area (TPSA) is 133 Å². The highest BCUT2D eigenvalue weighted by molar-refractivity contribution is 6.06. The number of rotatable bonds is 8. The fraction of sp³-hybridized carbons (Fsp3) is 0.269. The lowest BCUT2D eigenvalue weighted by Crippen LogP contribution is -2.41. The third-order valence-electron chi connectivity index (χ3n) is 5.77. The fourth-order valence-corrected chi connectivity index (χ4v) is 4.17. The maximum absolute atomic E-state index is 13.3. The minimum absolute atomic E-state index is 0.0439. The minimum atomic E-state index is -0.976. The van der Waals surface area contributed by atoms with Gasteiger partial charge in [0.2, 0.25) is 0 Å². The third kappa shape index (κ3) is 4.62. The molecular formula is C26H27N3O7. The van der Waals surface area contributed by atoms with E-state index in [1.165, 1.54) is 40.4 Å². The quantitative estimate of drug-likeness (QED) is 0.432. The molecule has 2 aromatic rings. The lowest BCUT2D eigenvalue weighted by Gasteiger charge is -2.37. The Morgan fingerprint density at radius 2 is 1.61 bits per heavy atom. The predicted molar refractivity (Wildman–Crippen MR) is 129 cm³/mol. The van der Waals surface area contributed by atoms with Crippen LogP contribution in [0.3, 0.4) is 0 Å². The van der Waals surface area contributed by atoms with Crippen LogP contribution in [0, 0.1) is 11.3 Å². The number of hydrogen-bond donors (Lipinski definition) is 1. The number of esters is 2. The van der Waals surface area contributed by atoms with Crippen LogP contribution in [0.4, 0.5) is 5.69 Å². The molecule has 0 saturated heterocycles. The molecule has 0 radical (unpaired) electrons. The van der Waals surface area contributed by atoms with E-state index < -0.39 is 24.1 Å². The summed E-state index contributed by atoms with van der Waals surface area (Å²) in [7, 11) is 6.75. The van der Waals surface area contributed by atoms with Crippen LogP contribution in [0.5, 0.6) is 5.75 Å². The average molecular weight is 494 g/mol. The van der Waals surface area contributed by atoms with E-state index in [1.54, 1.807) is 48.5 Å². The first-order valence-electron chi connectivity index (χ1n) is 10.8. The number of nitrogens with two attached hydrogens (primary N) is 1. The highest BCUT2D eigenvalue weighted by atomic mass is 16.7. The molecule has 36 heavy (non-hydrogen) atoms. The number of carbonyl (C=O) groups excluding carboxylic acids is 2. The number of ether oxygens (including phenoxy) is 5. The van der Waals surface area contributed by atoms with Gasteiger partial charge in [0, 0.05) is 19.8 Å². The van der Waals surface area contributed by atoms with E-state index in [0.29, 0.717) is 22.6 Å². The number of hydrogen-bond acceptors (Lipinski definition) is 10. The molecule has 10 heteroatoms. The zero-order valence-electron chi connectivity index (χ0n) is 20.6. The highest BCUT2D eigenvalue weighted by Gasteiger charge is 2.43. The Labute approximate surface area is 209 Å². The Balaban J connectivity index is 2.46. The van der Waals surface area contributed by atoms with E-state index in [9.17, 15) is 14.9 Å². The summed E-state index contributed by atoms with van der Waals surface area (Å²) < 4.78 is 26.4. The summed E-state index contributed by atoms with van der Waals surface area (Å²) in [6.07, 6.45) is -0.902. The van der Waals surface area contributed by atoms with Gasteiger partial charge in [0.15, 0.2) is 6.29 Å². The number of methoxy groups -OCH3 is 5. The highest BCUT2D eigenvalue weighted by Crippen LogP contribution is 2.45. The SMILES string of the molecule is COC(=O)C1=C(C(=O)OC)N(c2ccc(OC)cc2C(OC)OC)C(N)=C(C#N)C1c1ccccc1. The van der Waals surface area contributed by atoms with Gasteiger partial charge in [-0.3, -0.25) is 4.90 Å². The van der Waals surface area contributed by atoms with Gasteiger partial charge in [-0.15, -0.1) is 0 Å². The molecule has 1 heterocycles. The molecule has 1 unspecified atom stereocenters. The van der Waals surface area contributed by atoms with Gasteiger partial charge >= 0.3 is 11.9 Å². The fourth-order valence-electron chi connectivity index (χ4n) is 4.17. The Hall–Kier alpha value is -4.33. The van der Waals surface area contributed by atoms with Crippen molar-refractivity contribution in [1.29, 1.82) is 5.26 Å². The molecule has 0 saturated carbocycles. The summed E-state index contributed by atoms with van der Waals surface area (Å²) in [6, 6.07) is 15.8. The van der Waals surface area contributed by atoms with Crippen LogP contribution < -0.4 is 15.4 Å². The smallest absolute Gasteiger partial charge is 0.355 e. The van der Waals surface area contributed by atoms with E-state index in [0.717, 1.165) is 0 Å². The molecule has 0 amide bonds. The minimum Gasteiger partial charge on any atom is -0.497 e. The van der Waals surface area contributed by atoms with E-state index >= 15 is 0 Å². The van der Waals surface area contributed by atoms with Crippen molar-refractivity contribution >= 4 is 17.6 Å². The van der Waals surface area contributed by atoms with Crippen molar-refractivity contribution in [2.24, 2.45) is 5.73 Å². The van der Waals surface area contributed by atoms with Crippen LogP contribution in [0.2, 0.25) is 0 Å². The van der Waals surface area contributed by atoms with Crippen LogP contribution in [0.25, 0.3) is 0 Å².